The number of anilines is 2. The zero-order valence-corrected chi connectivity index (χ0v) is 16.0. The Bertz CT molecular complexity index is 968. The van der Waals surface area contributed by atoms with Gasteiger partial charge in [-0.3, -0.25) is 14.9 Å². The number of rotatable bonds is 6. The van der Waals surface area contributed by atoms with Gasteiger partial charge in [0, 0.05) is 12.0 Å². The molecule has 2 amide bonds. The maximum absolute atomic E-state index is 12.7. The van der Waals surface area contributed by atoms with Crippen LogP contribution in [-0.4, -0.2) is 22.0 Å². The van der Waals surface area contributed by atoms with E-state index in [1.54, 1.807) is 36.4 Å². The Morgan fingerprint density at radius 1 is 1.00 bits per heavy atom. The number of amides is 2. The Labute approximate surface area is 161 Å². The minimum atomic E-state index is -0.339. The highest BCUT2D eigenvalue weighted by molar-refractivity contribution is 7.15. The van der Waals surface area contributed by atoms with Crippen LogP contribution in [0.15, 0.2) is 48.5 Å². The van der Waals surface area contributed by atoms with Crippen LogP contribution in [0, 0.1) is 6.92 Å². The summed E-state index contributed by atoms with van der Waals surface area (Å²) < 4.78 is 0. The van der Waals surface area contributed by atoms with Crippen LogP contribution in [0.5, 0.6) is 0 Å². The number of aromatic nitrogens is 2. The molecule has 7 heteroatoms. The van der Waals surface area contributed by atoms with Crippen LogP contribution in [0.4, 0.5) is 10.8 Å². The number of hydrogen-bond acceptors (Lipinski definition) is 5. The first-order chi connectivity index (χ1) is 13.1. The number of carbonyl (C=O) groups is 2. The Balaban J connectivity index is 1.76. The van der Waals surface area contributed by atoms with Gasteiger partial charge in [0.2, 0.25) is 5.13 Å². The lowest BCUT2D eigenvalue weighted by molar-refractivity contribution is 0.102. The quantitative estimate of drug-likeness (QED) is 0.668. The summed E-state index contributed by atoms with van der Waals surface area (Å²) in [6, 6.07) is 14.2. The van der Waals surface area contributed by atoms with E-state index in [-0.39, 0.29) is 11.8 Å². The molecule has 0 aliphatic carbocycles. The van der Waals surface area contributed by atoms with Crippen LogP contribution in [0.25, 0.3) is 0 Å². The molecule has 0 atom stereocenters. The summed E-state index contributed by atoms with van der Waals surface area (Å²) in [5, 5.41) is 15.0. The van der Waals surface area contributed by atoms with Crippen molar-refractivity contribution in [1.29, 1.82) is 0 Å². The van der Waals surface area contributed by atoms with Crippen LogP contribution in [0.1, 0.15) is 44.6 Å². The van der Waals surface area contributed by atoms with E-state index in [0.717, 1.165) is 23.4 Å². The summed E-state index contributed by atoms with van der Waals surface area (Å²) in [6.45, 7) is 3.99. The maximum Gasteiger partial charge on any atom is 0.259 e. The Kier molecular flexibility index (Phi) is 5.93. The third-order valence-electron chi connectivity index (χ3n) is 3.85. The molecule has 2 aromatic carbocycles. The molecule has 6 nitrogen and oxygen atoms in total. The van der Waals surface area contributed by atoms with E-state index in [9.17, 15) is 9.59 Å². The molecule has 27 heavy (non-hydrogen) atoms. The zero-order valence-electron chi connectivity index (χ0n) is 15.2. The van der Waals surface area contributed by atoms with E-state index < -0.39 is 0 Å². The van der Waals surface area contributed by atoms with Crippen molar-refractivity contribution in [2.75, 3.05) is 10.6 Å². The van der Waals surface area contributed by atoms with Crippen molar-refractivity contribution in [2.45, 2.75) is 26.7 Å². The van der Waals surface area contributed by atoms with Crippen molar-refractivity contribution in [3.63, 3.8) is 0 Å². The molecule has 0 radical (unpaired) electrons. The lowest BCUT2D eigenvalue weighted by Gasteiger charge is -2.10. The van der Waals surface area contributed by atoms with Crippen molar-refractivity contribution in [1.82, 2.24) is 10.2 Å². The van der Waals surface area contributed by atoms with Crippen LogP contribution in [0.3, 0.4) is 0 Å². The molecule has 0 saturated heterocycles. The number of nitrogens with zero attached hydrogens (tertiary/aromatic N) is 2. The molecule has 0 spiro atoms. The average Bonchev–Trinajstić information content (AvgIpc) is 3.09. The predicted octanol–water partition coefficient (Wildman–Crippen LogP) is 4.30. The fraction of sp³-hybridized carbons (Fsp3) is 0.200. The van der Waals surface area contributed by atoms with Gasteiger partial charge in [-0.1, -0.05) is 48.1 Å². The summed E-state index contributed by atoms with van der Waals surface area (Å²) in [5.41, 5.74) is 2.34. The van der Waals surface area contributed by atoms with Gasteiger partial charge < -0.3 is 5.32 Å². The molecule has 3 rings (SSSR count). The largest absolute Gasteiger partial charge is 0.321 e. The van der Waals surface area contributed by atoms with Crippen molar-refractivity contribution in [3.8, 4) is 0 Å². The molecule has 0 aliphatic heterocycles. The van der Waals surface area contributed by atoms with Gasteiger partial charge >= 0.3 is 0 Å². The summed E-state index contributed by atoms with van der Waals surface area (Å²) in [4.78, 5) is 25.2. The molecule has 0 aliphatic rings. The van der Waals surface area contributed by atoms with Gasteiger partial charge in [-0.25, -0.2) is 0 Å². The van der Waals surface area contributed by atoms with Gasteiger partial charge in [-0.2, -0.15) is 0 Å². The van der Waals surface area contributed by atoms with E-state index >= 15 is 0 Å². The molecule has 0 unspecified atom stereocenters. The minimum absolute atomic E-state index is 0.264. The van der Waals surface area contributed by atoms with E-state index in [1.807, 2.05) is 19.1 Å². The van der Waals surface area contributed by atoms with Crippen LogP contribution in [0.2, 0.25) is 0 Å². The number of aryl methyl sites for hydroxylation is 2. The zero-order chi connectivity index (χ0) is 19.2. The molecule has 0 saturated carbocycles. The molecule has 0 bridgehead atoms. The normalized spacial score (nSPS) is 10.4. The molecule has 1 aromatic heterocycles. The number of nitrogens with one attached hydrogen (secondary N) is 2. The smallest absolute Gasteiger partial charge is 0.259 e. The van der Waals surface area contributed by atoms with Crippen LogP contribution in [-0.2, 0) is 6.42 Å². The number of para-hydroxylation sites is 1. The highest BCUT2D eigenvalue weighted by Gasteiger charge is 2.16. The second kappa shape index (κ2) is 8.55. The molecule has 2 N–H and O–H groups in total. The predicted molar refractivity (Wildman–Crippen MR) is 107 cm³/mol. The first kappa shape index (κ1) is 18.7. The molecule has 3 aromatic rings. The average molecular weight is 380 g/mol. The third kappa shape index (κ3) is 4.77. The molecule has 0 fully saturated rings. The van der Waals surface area contributed by atoms with Crippen molar-refractivity contribution in [2.24, 2.45) is 0 Å². The number of carbonyl (C=O) groups excluding carboxylic acids is 2. The van der Waals surface area contributed by atoms with E-state index in [2.05, 4.69) is 27.8 Å². The highest BCUT2D eigenvalue weighted by atomic mass is 32.1. The van der Waals surface area contributed by atoms with Crippen molar-refractivity contribution in [3.05, 3.63) is 70.2 Å². The first-order valence-corrected chi connectivity index (χ1v) is 9.49. The van der Waals surface area contributed by atoms with Gasteiger partial charge in [0.15, 0.2) is 0 Å². The van der Waals surface area contributed by atoms with Gasteiger partial charge in [-0.05, 0) is 37.6 Å². The van der Waals surface area contributed by atoms with Gasteiger partial charge in [0.1, 0.15) is 5.01 Å². The first-order valence-electron chi connectivity index (χ1n) is 8.67. The minimum Gasteiger partial charge on any atom is -0.321 e. The standard InChI is InChI=1S/C20H20N4O2S/c1-3-7-17-23-24-20(27-17)22-19(26)15-10-4-5-11-16(15)21-18(25)14-9-6-8-13(2)12-14/h4-6,8-12H,3,7H2,1-2H3,(H,21,25)(H,22,24,26). The van der Waals surface area contributed by atoms with E-state index in [1.165, 1.54) is 11.3 Å². The Morgan fingerprint density at radius 3 is 2.59 bits per heavy atom. The Hall–Kier alpha value is -3.06. The van der Waals surface area contributed by atoms with E-state index in [4.69, 9.17) is 0 Å². The fourth-order valence-corrected chi connectivity index (χ4v) is 3.39. The monoisotopic (exact) mass is 380 g/mol. The van der Waals surface area contributed by atoms with Crippen LogP contribution >= 0.6 is 11.3 Å². The lowest BCUT2D eigenvalue weighted by Crippen LogP contribution is -2.18. The number of benzene rings is 2. The van der Waals surface area contributed by atoms with Crippen molar-refractivity contribution >= 4 is 34.0 Å². The summed E-state index contributed by atoms with van der Waals surface area (Å²) in [5.74, 6) is -0.602. The second-order valence-electron chi connectivity index (χ2n) is 6.07. The topological polar surface area (TPSA) is 84.0 Å². The van der Waals surface area contributed by atoms with Crippen LogP contribution < -0.4 is 10.6 Å². The molecule has 138 valence electrons. The SMILES string of the molecule is CCCc1nnc(NC(=O)c2ccccc2NC(=O)c2cccc(C)c2)s1. The van der Waals surface area contributed by atoms with Gasteiger partial charge in [0.05, 0.1) is 11.3 Å². The Morgan fingerprint density at radius 2 is 1.81 bits per heavy atom. The maximum atomic E-state index is 12.7. The fourth-order valence-electron chi connectivity index (χ4n) is 2.55. The lowest BCUT2D eigenvalue weighted by atomic mass is 10.1. The summed E-state index contributed by atoms with van der Waals surface area (Å²) >= 11 is 1.36. The third-order valence-corrected chi connectivity index (χ3v) is 4.75. The molecule has 1 heterocycles. The van der Waals surface area contributed by atoms with E-state index in [0.29, 0.717) is 21.9 Å². The van der Waals surface area contributed by atoms with Gasteiger partial charge in [-0.15, -0.1) is 10.2 Å². The summed E-state index contributed by atoms with van der Waals surface area (Å²) in [6.07, 6.45) is 1.80. The highest BCUT2D eigenvalue weighted by Crippen LogP contribution is 2.21. The molecular formula is C20H20N4O2S. The molecular weight excluding hydrogens is 360 g/mol. The number of hydrogen-bond donors (Lipinski definition) is 2. The van der Waals surface area contributed by atoms with Gasteiger partial charge in [0.25, 0.3) is 11.8 Å². The van der Waals surface area contributed by atoms with Crippen molar-refractivity contribution < 1.29 is 9.59 Å². The summed E-state index contributed by atoms with van der Waals surface area (Å²) in [7, 11) is 0. The second-order valence-corrected chi connectivity index (χ2v) is 7.14.